The summed E-state index contributed by atoms with van der Waals surface area (Å²) < 4.78 is 5.82. The second-order valence-electron chi connectivity index (χ2n) is 7.70. The van der Waals surface area contributed by atoms with Gasteiger partial charge in [0.2, 0.25) is 5.89 Å². The normalized spacial score (nSPS) is 22.2. The highest BCUT2D eigenvalue weighted by Crippen LogP contribution is 2.52. The first-order chi connectivity index (χ1) is 14.5. The lowest BCUT2D eigenvalue weighted by Crippen LogP contribution is -2.27. The topological polar surface area (TPSA) is 143 Å². The van der Waals surface area contributed by atoms with E-state index in [1.54, 1.807) is 6.20 Å². The minimum atomic E-state index is -0.717. The van der Waals surface area contributed by atoms with Crippen LogP contribution in [0.4, 0.5) is 11.6 Å². The summed E-state index contributed by atoms with van der Waals surface area (Å²) in [6, 6.07) is 7.83. The largest absolute Gasteiger partial charge is 0.481 e. The highest BCUT2D eigenvalue weighted by atomic mass is 16.4. The summed E-state index contributed by atoms with van der Waals surface area (Å²) in [5, 5.41) is 20.5. The van der Waals surface area contributed by atoms with E-state index in [1.165, 1.54) is 0 Å². The maximum atomic E-state index is 11.2. The molecule has 0 radical (unpaired) electrons. The number of anilines is 2. The van der Waals surface area contributed by atoms with E-state index in [-0.39, 0.29) is 35.2 Å². The second kappa shape index (κ2) is 7.06. The summed E-state index contributed by atoms with van der Waals surface area (Å²) >= 11 is 0. The molecule has 30 heavy (non-hydrogen) atoms. The van der Waals surface area contributed by atoms with Gasteiger partial charge in [0.15, 0.2) is 11.5 Å². The predicted octanol–water partition coefficient (Wildman–Crippen LogP) is 2.25. The molecule has 2 fully saturated rings. The lowest BCUT2D eigenvalue weighted by Gasteiger charge is -2.20. The third-order valence-corrected chi connectivity index (χ3v) is 5.80. The Labute approximate surface area is 178 Å². The molecule has 10 nitrogen and oxygen atoms in total. The molecule has 2 aliphatic rings. The molecule has 2 aromatic heterocycles. The van der Waals surface area contributed by atoms with Gasteiger partial charge in [-0.2, -0.15) is 0 Å². The van der Waals surface area contributed by atoms with Gasteiger partial charge in [-0.3, -0.25) is 4.79 Å². The Morgan fingerprint density at radius 2 is 1.97 bits per heavy atom. The predicted molar refractivity (Wildman–Crippen MR) is 117 cm³/mol. The van der Waals surface area contributed by atoms with E-state index in [0.29, 0.717) is 30.5 Å². The maximum Gasteiger partial charge on any atom is 0.307 e. The van der Waals surface area contributed by atoms with Gasteiger partial charge in [-0.25, -0.2) is 9.97 Å². The third kappa shape index (κ3) is 3.14. The Morgan fingerprint density at radius 1 is 1.27 bits per heavy atom. The fraction of sp³-hybridized carbons (Fsp3) is 0.350. The van der Waals surface area contributed by atoms with E-state index in [4.69, 9.17) is 10.2 Å². The molecule has 3 heterocycles. The van der Waals surface area contributed by atoms with Gasteiger partial charge in [0.25, 0.3) is 5.89 Å². The Kier molecular flexibility index (Phi) is 4.35. The highest BCUT2D eigenvalue weighted by molar-refractivity contribution is 5.75. The van der Waals surface area contributed by atoms with Gasteiger partial charge >= 0.3 is 5.97 Å². The van der Waals surface area contributed by atoms with Gasteiger partial charge in [-0.05, 0) is 36.6 Å². The number of carbonyl (C=O) groups is 1. The molecule has 0 bridgehead atoms. The molecule has 1 saturated heterocycles. The summed E-state index contributed by atoms with van der Waals surface area (Å²) in [6.45, 7) is 2.07. The minimum Gasteiger partial charge on any atom is -0.481 e. The molecule has 1 aromatic carbocycles. The van der Waals surface area contributed by atoms with Crippen LogP contribution < -0.4 is 16.0 Å². The number of piperidine rings is 1. The fourth-order valence-corrected chi connectivity index (χ4v) is 4.18. The first-order valence-corrected chi connectivity index (χ1v) is 9.73. The molecular weight excluding hydrogens is 386 g/mol. The van der Waals surface area contributed by atoms with Crippen molar-refractivity contribution in [1.29, 1.82) is 0 Å². The molecule has 0 amide bonds. The number of carboxylic acids is 1. The number of nitrogen functional groups attached to an aromatic ring is 1. The number of aliphatic carboxylic acids is 1. The number of hydrogen-bond donors (Lipinski definition) is 3. The molecule has 3 atom stereocenters. The van der Waals surface area contributed by atoms with E-state index < -0.39 is 5.97 Å². The van der Waals surface area contributed by atoms with Crippen molar-refractivity contribution in [3.05, 3.63) is 36.0 Å². The van der Waals surface area contributed by atoms with Gasteiger partial charge < -0.3 is 25.5 Å². The second-order valence-corrected chi connectivity index (χ2v) is 7.70. The van der Waals surface area contributed by atoms with Crippen LogP contribution in [0.2, 0.25) is 0 Å². The first-order valence-electron chi connectivity index (χ1n) is 9.73. The van der Waals surface area contributed by atoms with Crippen molar-refractivity contribution in [3.63, 3.8) is 0 Å². The average molecular weight is 415 g/mol. The van der Waals surface area contributed by atoms with Crippen LogP contribution in [0.1, 0.15) is 11.3 Å². The van der Waals surface area contributed by atoms with Gasteiger partial charge in [0.1, 0.15) is 5.82 Å². The standard InChI is InChI=1S/C20H21N7O3.4H2/c1-22-6-10-2-4-11(5-3-10)18-25-26-19(30-18)16-17(21)23-7-14(24-16)27-8-12-13(9-27)15(12)20(28)29;;;;/h2-5,7,12-13,15,22H,6,8-9H2,1H3,(H2,21,23)(H,28,29);4*1H/t12-,13?,15?;;;;/m1..../s1. The third-order valence-electron chi connectivity index (χ3n) is 5.80. The van der Waals surface area contributed by atoms with E-state index in [0.717, 1.165) is 17.7 Å². The lowest BCUT2D eigenvalue weighted by molar-refractivity contribution is -0.139. The summed E-state index contributed by atoms with van der Waals surface area (Å²) in [4.78, 5) is 22.0. The van der Waals surface area contributed by atoms with Crippen molar-refractivity contribution in [1.82, 2.24) is 25.5 Å². The number of nitrogens with zero attached hydrogens (tertiary/aromatic N) is 5. The van der Waals surface area contributed by atoms with Crippen LogP contribution in [-0.2, 0) is 11.3 Å². The molecule has 4 N–H and O–H groups in total. The summed E-state index contributed by atoms with van der Waals surface area (Å²) in [7, 11) is 1.90. The highest BCUT2D eigenvalue weighted by Gasteiger charge is 2.60. The van der Waals surface area contributed by atoms with Gasteiger partial charge in [0.05, 0.1) is 12.1 Å². The number of fused-ring (bicyclic) bond motifs is 1. The number of nitrogens with two attached hydrogens (primary N) is 1. The molecule has 5 rings (SSSR count). The molecule has 1 saturated carbocycles. The number of nitrogens with one attached hydrogen (secondary N) is 1. The smallest absolute Gasteiger partial charge is 0.307 e. The lowest BCUT2D eigenvalue weighted by atomic mass is 10.1. The number of hydrogen-bond acceptors (Lipinski definition) is 9. The molecule has 1 aliphatic heterocycles. The molecule has 10 heteroatoms. The molecule has 0 spiro atoms. The van der Waals surface area contributed by atoms with Crippen molar-refractivity contribution >= 4 is 17.6 Å². The van der Waals surface area contributed by atoms with Crippen LogP contribution >= 0.6 is 0 Å². The van der Waals surface area contributed by atoms with Crippen molar-refractivity contribution < 1.29 is 20.0 Å². The monoisotopic (exact) mass is 415 g/mol. The zero-order valence-corrected chi connectivity index (χ0v) is 16.3. The maximum absolute atomic E-state index is 11.2. The van der Waals surface area contributed by atoms with Crippen molar-refractivity contribution in [2.75, 3.05) is 30.8 Å². The van der Waals surface area contributed by atoms with Crippen molar-refractivity contribution in [3.8, 4) is 23.0 Å². The summed E-state index contributed by atoms with van der Waals surface area (Å²) in [6.07, 6.45) is 1.59. The van der Waals surface area contributed by atoms with E-state index in [1.807, 2.05) is 36.2 Å². The number of rotatable bonds is 6. The van der Waals surface area contributed by atoms with Crippen LogP contribution in [0, 0.1) is 17.8 Å². The Hall–Kier alpha value is -3.53. The van der Waals surface area contributed by atoms with Crippen LogP contribution in [0.5, 0.6) is 0 Å². The average Bonchev–Trinajstić information content (AvgIpc) is 3.09. The number of aromatic nitrogens is 4. The van der Waals surface area contributed by atoms with Crippen LogP contribution in [0.3, 0.4) is 0 Å². The fourth-order valence-electron chi connectivity index (χ4n) is 4.18. The van der Waals surface area contributed by atoms with E-state index in [2.05, 4.69) is 25.5 Å². The van der Waals surface area contributed by atoms with Crippen molar-refractivity contribution in [2.45, 2.75) is 6.54 Å². The van der Waals surface area contributed by atoms with Crippen LogP contribution in [-0.4, -0.2) is 51.4 Å². The summed E-state index contributed by atoms with van der Waals surface area (Å²) in [5.74, 6) is 0.796. The molecule has 162 valence electrons. The Balaban J connectivity index is 0.00000144. The minimum absolute atomic E-state index is 0. The van der Waals surface area contributed by atoms with Gasteiger partial charge in [-0.15, -0.1) is 10.2 Å². The van der Waals surface area contributed by atoms with E-state index in [9.17, 15) is 9.90 Å². The van der Waals surface area contributed by atoms with Crippen molar-refractivity contribution in [2.24, 2.45) is 17.8 Å². The zero-order chi connectivity index (χ0) is 20.8. The number of benzene rings is 1. The molecule has 1 aliphatic carbocycles. The first kappa shape index (κ1) is 18.5. The quantitative estimate of drug-likeness (QED) is 0.548. The molecule has 2 unspecified atom stereocenters. The van der Waals surface area contributed by atoms with Crippen LogP contribution in [0.15, 0.2) is 34.9 Å². The zero-order valence-electron chi connectivity index (χ0n) is 16.3. The summed E-state index contributed by atoms with van der Waals surface area (Å²) in [5.41, 5.74) is 8.29. The molecule has 3 aromatic rings. The number of carboxylic acid groups (broad SMARTS) is 1. The Morgan fingerprint density at radius 3 is 2.63 bits per heavy atom. The Bertz CT molecular complexity index is 1100. The SMILES string of the molecule is CNCc1ccc(-c2nnc(-c3nc(N4CC5C(C(=O)O)[C@@H]5C4)cnc3N)o2)cc1.[HH].[HH].[HH].[HH]. The molecular formula is C20H29N7O3. The van der Waals surface area contributed by atoms with Crippen LogP contribution in [0.25, 0.3) is 23.0 Å². The van der Waals surface area contributed by atoms with Gasteiger partial charge in [-0.1, -0.05) is 12.1 Å². The van der Waals surface area contributed by atoms with Gasteiger partial charge in [0, 0.05) is 30.9 Å². The van der Waals surface area contributed by atoms with E-state index >= 15 is 0 Å².